The minimum atomic E-state index is -0.489. The molecule has 0 amide bonds. The van der Waals surface area contributed by atoms with Crippen molar-refractivity contribution in [1.29, 1.82) is 0 Å². The van der Waals surface area contributed by atoms with Crippen LogP contribution in [0, 0.1) is 34.0 Å². The number of hydrogen-bond acceptors (Lipinski definition) is 13. The van der Waals surface area contributed by atoms with Crippen molar-refractivity contribution in [3.63, 3.8) is 0 Å². The zero-order chi connectivity index (χ0) is 54.9. The molecule has 0 bridgehead atoms. The molecule has 0 saturated heterocycles. The Kier molecular flexibility index (Phi) is 30.7. The van der Waals surface area contributed by atoms with Crippen molar-refractivity contribution in [2.24, 2.45) is 34.0 Å². The van der Waals surface area contributed by atoms with Gasteiger partial charge in [0, 0.05) is 10.8 Å². The van der Waals surface area contributed by atoms with E-state index < -0.39 is 16.2 Å². The summed E-state index contributed by atoms with van der Waals surface area (Å²) in [6.45, 7) is 26.7. The summed E-state index contributed by atoms with van der Waals surface area (Å²) in [6, 6.07) is 36.9. The second-order valence-electron chi connectivity index (χ2n) is 20.0. The molecule has 0 N–H and O–H groups in total. The van der Waals surface area contributed by atoms with Crippen molar-refractivity contribution in [2.45, 2.75) is 122 Å². The third-order valence-electron chi connectivity index (χ3n) is 11.5. The summed E-state index contributed by atoms with van der Waals surface area (Å²) in [7, 11) is 0. The van der Waals surface area contributed by atoms with Crippen LogP contribution in [0.1, 0.15) is 142 Å². The first-order chi connectivity index (χ1) is 34.5. The molecule has 0 heterocycles. The van der Waals surface area contributed by atoms with Gasteiger partial charge >= 0.3 is 35.8 Å². The zero-order valence-electron chi connectivity index (χ0n) is 45.9. The van der Waals surface area contributed by atoms with E-state index in [1.165, 1.54) is 0 Å². The zero-order valence-corrected chi connectivity index (χ0v) is 45.9. The molecule has 13 nitrogen and oxygen atoms in total. The van der Waals surface area contributed by atoms with Gasteiger partial charge in [-0.3, -0.25) is 19.2 Å². The highest BCUT2D eigenvalue weighted by Crippen LogP contribution is 2.25. The predicted octanol–water partition coefficient (Wildman–Crippen LogP) is 12.7. The Labute approximate surface area is 436 Å². The number of carbonyl (C=O) groups is 6. The summed E-state index contributed by atoms with van der Waals surface area (Å²) < 4.78 is 36.8. The average molecular weight is 1010 g/mol. The molecule has 0 saturated carbocycles. The van der Waals surface area contributed by atoms with Gasteiger partial charge in [-0.2, -0.15) is 0 Å². The Bertz CT molecular complexity index is 2170. The van der Waals surface area contributed by atoms with Gasteiger partial charge < -0.3 is 33.2 Å². The highest BCUT2D eigenvalue weighted by Gasteiger charge is 2.30. The van der Waals surface area contributed by atoms with Gasteiger partial charge in [-0.1, -0.05) is 161 Å². The Morgan fingerprint density at radius 2 is 0.781 bits per heavy atom. The molecule has 4 aromatic rings. The van der Waals surface area contributed by atoms with Crippen LogP contribution in [0.3, 0.4) is 0 Å². The molecule has 0 aromatic heterocycles. The molecule has 4 rings (SSSR count). The number of benzene rings is 4. The molecule has 3 atom stereocenters. The van der Waals surface area contributed by atoms with Crippen molar-refractivity contribution >= 4 is 35.8 Å². The molecular weight excluding hydrogens is 929 g/mol. The third-order valence-corrected chi connectivity index (χ3v) is 11.5. The van der Waals surface area contributed by atoms with Crippen LogP contribution in [-0.2, 0) is 54.2 Å². The fourth-order valence-corrected chi connectivity index (χ4v) is 5.26. The quantitative estimate of drug-likeness (QED) is 0.0370. The first-order valence-electron chi connectivity index (χ1n) is 25.3. The highest BCUT2D eigenvalue weighted by atomic mass is 16.6. The topological polar surface area (TPSA) is 167 Å². The Morgan fingerprint density at radius 3 is 1.19 bits per heavy atom. The normalized spacial score (nSPS) is 12.1. The molecular formula is C60H84O13. The lowest BCUT2D eigenvalue weighted by molar-refractivity contribution is -0.158. The minimum Gasteiger partial charge on any atom is -0.490 e. The lowest BCUT2D eigenvalue weighted by Gasteiger charge is -2.27. The van der Waals surface area contributed by atoms with Gasteiger partial charge in [0.1, 0.15) is 25.6 Å². The van der Waals surface area contributed by atoms with E-state index in [0.717, 1.165) is 37.0 Å². The van der Waals surface area contributed by atoms with Crippen molar-refractivity contribution in [2.75, 3.05) is 39.6 Å². The fourth-order valence-electron chi connectivity index (χ4n) is 5.26. The van der Waals surface area contributed by atoms with Crippen LogP contribution in [0.4, 0.5) is 0 Å². The lowest BCUT2D eigenvalue weighted by Crippen LogP contribution is -2.33. The number of rotatable bonds is 24. The number of para-hydroxylation sites is 1. The molecule has 3 unspecified atom stereocenters. The fraction of sp³-hybridized carbons (Fsp3) is 0.500. The second-order valence-corrected chi connectivity index (χ2v) is 20.0. The first kappa shape index (κ1) is 64.5. The molecule has 4 aromatic carbocycles. The Balaban J connectivity index is 0.000000494. The summed E-state index contributed by atoms with van der Waals surface area (Å²) in [5.41, 5.74) is 0.741. The van der Waals surface area contributed by atoms with E-state index in [0.29, 0.717) is 30.9 Å². The Hall–Kier alpha value is -6.50. The minimum absolute atomic E-state index is 0.00119. The standard InChI is InChI=1S/C18H26O4.C17H24O4.C13H18O3.C12H16O2/c1-6-18(4,5)16(20)22-13-17(2,3)12-21-15(19)14-10-8-7-9-11-14;1-5-13(2)15(18)20-11-17(3,4)12-21-16(19)14-9-7-6-8-10-14;1-3-11(2)13(14)16-10-9-15-12-7-5-4-6-8-12;1-3-10(2)12(13)14-9-11-7-5-4-6-8-11/h7-11H,6,12-13H2,1-5H3;6-10,13H,5,11-12H2,1-4H3;4-8,11H,3,9-10H2,1-2H3;4-8,10H,3,9H2,1-2H3. The van der Waals surface area contributed by atoms with Gasteiger partial charge in [0.25, 0.3) is 0 Å². The molecule has 13 heteroatoms. The summed E-state index contributed by atoms with van der Waals surface area (Å²) in [5, 5.41) is 0. The van der Waals surface area contributed by atoms with E-state index >= 15 is 0 Å². The maximum Gasteiger partial charge on any atom is 0.338 e. The third kappa shape index (κ3) is 28.4. The second kappa shape index (κ2) is 34.8. The Morgan fingerprint density at radius 1 is 0.425 bits per heavy atom. The predicted molar refractivity (Wildman–Crippen MR) is 284 cm³/mol. The van der Waals surface area contributed by atoms with Crippen molar-refractivity contribution < 1.29 is 61.9 Å². The summed E-state index contributed by atoms with van der Waals surface area (Å²) in [5.74, 6) is -0.774. The van der Waals surface area contributed by atoms with Crippen LogP contribution in [0.25, 0.3) is 0 Å². The van der Waals surface area contributed by atoms with E-state index in [4.69, 9.17) is 33.2 Å². The van der Waals surface area contributed by atoms with Crippen molar-refractivity contribution in [1.82, 2.24) is 0 Å². The first-order valence-corrected chi connectivity index (χ1v) is 25.3. The van der Waals surface area contributed by atoms with Gasteiger partial charge in [0.2, 0.25) is 0 Å². The van der Waals surface area contributed by atoms with E-state index in [1.54, 1.807) is 48.5 Å². The van der Waals surface area contributed by atoms with Gasteiger partial charge in [-0.05, 0) is 81.5 Å². The van der Waals surface area contributed by atoms with E-state index in [1.807, 2.05) is 163 Å². The van der Waals surface area contributed by atoms with Gasteiger partial charge in [0.15, 0.2) is 0 Å². The van der Waals surface area contributed by atoms with Crippen LogP contribution in [0.2, 0.25) is 0 Å². The lowest BCUT2D eigenvalue weighted by atomic mass is 9.90. The van der Waals surface area contributed by atoms with Crippen molar-refractivity contribution in [3.8, 4) is 5.75 Å². The van der Waals surface area contributed by atoms with Gasteiger partial charge in [-0.25, -0.2) is 9.59 Å². The largest absolute Gasteiger partial charge is 0.490 e. The van der Waals surface area contributed by atoms with E-state index in [2.05, 4.69) is 0 Å². The molecule has 0 radical (unpaired) electrons. The molecule has 0 aliphatic carbocycles. The van der Waals surface area contributed by atoms with Crippen LogP contribution in [0.5, 0.6) is 5.75 Å². The maximum atomic E-state index is 12.0. The molecule has 0 fully saturated rings. The van der Waals surface area contributed by atoms with E-state index in [9.17, 15) is 28.8 Å². The van der Waals surface area contributed by atoms with Gasteiger partial charge in [0.05, 0.1) is 60.7 Å². The average Bonchev–Trinajstić information content (AvgIpc) is 3.41. The molecule has 0 spiro atoms. The summed E-state index contributed by atoms with van der Waals surface area (Å²) in [6.07, 6.45) is 3.10. The molecule has 0 aliphatic heterocycles. The van der Waals surface area contributed by atoms with Crippen LogP contribution < -0.4 is 4.74 Å². The van der Waals surface area contributed by atoms with Crippen LogP contribution in [0.15, 0.2) is 121 Å². The summed E-state index contributed by atoms with van der Waals surface area (Å²) in [4.78, 5) is 70.0. The number of esters is 6. The number of ether oxygens (including phenoxy) is 7. The molecule has 402 valence electrons. The van der Waals surface area contributed by atoms with Gasteiger partial charge in [-0.15, -0.1) is 0 Å². The smallest absolute Gasteiger partial charge is 0.338 e. The molecule has 0 aliphatic rings. The maximum absolute atomic E-state index is 12.0. The van der Waals surface area contributed by atoms with Crippen LogP contribution >= 0.6 is 0 Å². The number of hydrogen-bond donors (Lipinski definition) is 0. The SMILES string of the molecule is CCC(C)(C)C(=O)OCC(C)(C)COC(=O)c1ccccc1.CCC(C)C(=O)OCC(C)(C)COC(=O)c1ccccc1.CCC(C)C(=O)OCCOc1ccccc1.CCC(C)C(=O)OCc1ccccc1. The van der Waals surface area contributed by atoms with E-state index in [-0.39, 0.29) is 80.0 Å². The number of carbonyl (C=O) groups excluding carboxylic acids is 6. The van der Waals surface area contributed by atoms with Crippen LogP contribution in [-0.4, -0.2) is 75.5 Å². The molecule has 73 heavy (non-hydrogen) atoms. The highest BCUT2D eigenvalue weighted by molar-refractivity contribution is 5.89. The summed E-state index contributed by atoms with van der Waals surface area (Å²) >= 11 is 0. The van der Waals surface area contributed by atoms with Crippen molar-refractivity contribution in [3.05, 3.63) is 138 Å². The monoisotopic (exact) mass is 1010 g/mol.